The van der Waals surface area contributed by atoms with E-state index >= 15 is 0 Å². The average molecular weight is 322 g/mol. The van der Waals surface area contributed by atoms with Crippen molar-refractivity contribution >= 4 is 29.2 Å². The molecule has 21 heavy (non-hydrogen) atoms. The van der Waals surface area contributed by atoms with Crippen LogP contribution in [-0.2, 0) is 5.75 Å². The lowest BCUT2D eigenvalue weighted by atomic mass is 10.1. The molecule has 2 rings (SSSR count). The van der Waals surface area contributed by atoms with Gasteiger partial charge < -0.3 is 10.9 Å². The maximum atomic E-state index is 8.94. The van der Waals surface area contributed by atoms with Gasteiger partial charge in [-0.1, -0.05) is 35.0 Å². The number of oxime groups is 1. The summed E-state index contributed by atoms with van der Waals surface area (Å²) in [7, 11) is 0. The number of hydrogen-bond acceptors (Lipinski definition) is 4. The number of benzene rings is 1. The van der Waals surface area contributed by atoms with Crippen LogP contribution in [0.15, 0.2) is 40.5 Å². The summed E-state index contributed by atoms with van der Waals surface area (Å²) in [5.41, 5.74) is 9.28. The topological polar surface area (TPSA) is 71.5 Å². The molecule has 3 N–H and O–H groups in total. The van der Waals surface area contributed by atoms with Crippen molar-refractivity contribution < 1.29 is 5.21 Å². The Morgan fingerprint density at radius 3 is 2.76 bits per heavy atom. The van der Waals surface area contributed by atoms with Gasteiger partial charge >= 0.3 is 0 Å². The number of aromatic nitrogens is 1. The van der Waals surface area contributed by atoms with Crippen LogP contribution in [0.5, 0.6) is 0 Å². The molecule has 1 aromatic carbocycles. The minimum absolute atomic E-state index is 0.0710. The minimum atomic E-state index is 0.0710. The smallest absolute Gasteiger partial charge is 0.173 e. The number of nitrogens with two attached hydrogens (primary N) is 1. The lowest BCUT2D eigenvalue weighted by Crippen LogP contribution is -2.17. The lowest BCUT2D eigenvalue weighted by Gasteiger charge is -2.12. The molecule has 0 amide bonds. The van der Waals surface area contributed by atoms with Gasteiger partial charge in [-0.25, -0.2) is 4.98 Å². The Balaban J connectivity index is 2.33. The molecule has 0 radical (unpaired) electrons. The lowest BCUT2D eigenvalue weighted by molar-refractivity contribution is 0.318. The van der Waals surface area contributed by atoms with Gasteiger partial charge in [0, 0.05) is 16.5 Å². The van der Waals surface area contributed by atoms with E-state index in [1.54, 1.807) is 0 Å². The maximum Gasteiger partial charge on any atom is 0.173 e. The van der Waals surface area contributed by atoms with Crippen molar-refractivity contribution in [3.63, 3.8) is 0 Å². The predicted octanol–water partition coefficient (Wildman–Crippen LogP) is 3.74. The van der Waals surface area contributed by atoms with Crippen LogP contribution < -0.4 is 5.73 Å². The van der Waals surface area contributed by atoms with E-state index in [1.165, 1.54) is 11.8 Å². The molecular formula is C15H16ClN3OS. The van der Waals surface area contributed by atoms with E-state index in [9.17, 15) is 0 Å². The largest absolute Gasteiger partial charge is 0.409 e. The normalized spacial score (nSPS) is 11.7. The van der Waals surface area contributed by atoms with Crippen LogP contribution in [0.3, 0.4) is 0 Å². The molecule has 0 aliphatic carbocycles. The summed E-state index contributed by atoms with van der Waals surface area (Å²) in [5.74, 6) is 0.739. The summed E-state index contributed by atoms with van der Waals surface area (Å²) >= 11 is 7.68. The van der Waals surface area contributed by atoms with Gasteiger partial charge in [-0.2, -0.15) is 0 Å². The third-order valence-electron chi connectivity index (χ3n) is 3.00. The van der Waals surface area contributed by atoms with Crippen LogP contribution in [0.4, 0.5) is 0 Å². The van der Waals surface area contributed by atoms with E-state index in [-0.39, 0.29) is 5.84 Å². The van der Waals surface area contributed by atoms with Crippen LogP contribution in [0.1, 0.15) is 22.4 Å². The zero-order valence-corrected chi connectivity index (χ0v) is 13.4. The Morgan fingerprint density at radius 2 is 2.10 bits per heavy atom. The van der Waals surface area contributed by atoms with Gasteiger partial charge in [-0.3, -0.25) is 0 Å². The third-order valence-corrected chi connectivity index (χ3v) is 4.39. The van der Waals surface area contributed by atoms with Crippen LogP contribution in [0, 0.1) is 13.8 Å². The number of thioether (sulfide) groups is 1. The van der Waals surface area contributed by atoms with E-state index < -0.39 is 0 Å². The molecule has 6 heteroatoms. The first-order valence-corrected chi connectivity index (χ1v) is 7.71. The van der Waals surface area contributed by atoms with Gasteiger partial charge in [0.05, 0.1) is 5.56 Å². The highest BCUT2D eigenvalue weighted by Crippen LogP contribution is 2.29. The highest BCUT2D eigenvalue weighted by molar-refractivity contribution is 7.98. The molecule has 0 bridgehead atoms. The summed E-state index contributed by atoms with van der Waals surface area (Å²) in [4.78, 5) is 4.50. The molecule has 2 aromatic rings. The molecule has 0 aliphatic rings. The van der Waals surface area contributed by atoms with Crippen molar-refractivity contribution in [3.8, 4) is 0 Å². The fraction of sp³-hybridized carbons (Fsp3) is 0.200. The zero-order valence-electron chi connectivity index (χ0n) is 11.8. The second kappa shape index (κ2) is 6.83. The van der Waals surface area contributed by atoms with E-state index in [0.29, 0.717) is 11.3 Å². The van der Waals surface area contributed by atoms with Crippen LogP contribution in [0.25, 0.3) is 0 Å². The SMILES string of the molecule is Cc1cc(C)c(/C(N)=N/O)c(SCc2ccccc2Cl)n1. The Morgan fingerprint density at radius 1 is 1.38 bits per heavy atom. The predicted molar refractivity (Wildman–Crippen MR) is 87.2 cm³/mol. The van der Waals surface area contributed by atoms with Crippen molar-refractivity contribution in [2.45, 2.75) is 24.6 Å². The van der Waals surface area contributed by atoms with Crippen LogP contribution in [0.2, 0.25) is 5.02 Å². The van der Waals surface area contributed by atoms with Crippen LogP contribution in [-0.4, -0.2) is 16.0 Å². The van der Waals surface area contributed by atoms with Crippen molar-refractivity contribution in [3.05, 3.63) is 57.7 Å². The first-order valence-electron chi connectivity index (χ1n) is 6.35. The summed E-state index contributed by atoms with van der Waals surface area (Å²) < 4.78 is 0. The van der Waals surface area contributed by atoms with Crippen molar-refractivity contribution in [2.75, 3.05) is 0 Å². The van der Waals surface area contributed by atoms with Crippen molar-refractivity contribution in [2.24, 2.45) is 10.9 Å². The Labute approximate surface area is 133 Å². The molecule has 0 spiro atoms. The molecule has 1 aromatic heterocycles. The summed E-state index contributed by atoms with van der Waals surface area (Å²) in [6.07, 6.45) is 0. The number of rotatable bonds is 4. The number of halogens is 1. The standard InChI is InChI=1S/C15H16ClN3OS/c1-9-7-10(2)18-15(13(9)14(17)19-20)21-8-11-5-3-4-6-12(11)16/h3-7,20H,8H2,1-2H3,(H2,17,19). The molecular weight excluding hydrogens is 306 g/mol. The molecule has 4 nitrogen and oxygen atoms in total. The Bertz CT molecular complexity index is 689. The zero-order chi connectivity index (χ0) is 15.4. The number of pyridine rings is 1. The molecule has 0 unspecified atom stereocenters. The fourth-order valence-electron chi connectivity index (χ4n) is 2.03. The fourth-order valence-corrected chi connectivity index (χ4v) is 3.47. The van der Waals surface area contributed by atoms with Gasteiger partial charge in [0.15, 0.2) is 5.84 Å². The quantitative estimate of drug-likeness (QED) is 0.296. The first-order chi connectivity index (χ1) is 10.0. The number of amidine groups is 1. The highest BCUT2D eigenvalue weighted by atomic mass is 35.5. The van der Waals surface area contributed by atoms with E-state index in [2.05, 4.69) is 10.1 Å². The number of hydrogen-bond donors (Lipinski definition) is 2. The second-order valence-corrected chi connectivity index (χ2v) is 6.00. The first kappa shape index (κ1) is 15.7. The number of aryl methyl sites for hydroxylation is 2. The maximum absolute atomic E-state index is 8.94. The molecule has 1 heterocycles. The van der Waals surface area contributed by atoms with E-state index in [4.69, 9.17) is 22.5 Å². The van der Waals surface area contributed by atoms with E-state index in [0.717, 1.165) is 26.9 Å². The highest BCUT2D eigenvalue weighted by Gasteiger charge is 2.14. The van der Waals surface area contributed by atoms with Gasteiger partial charge in [0.1, 0.15) is 5.03 Å². The molecule has 0 aliphatic heterocycles. The average Bonchev–Trinajstić information content (AvgIpc) is 2.45. The summed E-state index contributed by atoms with van der Waals surface area (Å²) in [5, 5.41) is 13.5. The monoisotopic (exact) mass is 321 g/mol. The molecule has 110 valence electrons. The second-order valence-electron chi connectivity index (χ2n) is 4.63. The summed E-state index contributed by atoms with van der Waals surface area (Å²) in [6, 6.07) is 9.58. The number of nitrogens with zero attached hydrogens (tertiary/aromatic N) is 2. The molecule has 0 fully saturated rings. The van der Waals surface area contributed by atoms with Gasteiger partial charge in [0.2, 0.25) is 0 Å². The summed E-state index contributed by atoms with van der Waals surface area (Å²) in [6.45, 7) is 3.84. The van der Waals surface area contributed by atoms with E-state index in [1.807, 2.05) is 44.2 Å². The van der Waals surface area contributed by atoms with Gasteiger partial charge in [-0.05, 0) is 37.1 Å². The van der Waals surface area contributed by atoms with Crippen LogP contribution >= 0.6 is 23.4 Å². The Hall–Kier alpha value is -1.72. The molecule has 0 atom stereocenters. The minimum Gasteiger partial charge on any atom is -0.409 e. The molecule has 0 saturated heterocycles. The van der Waals surface area contributed by atoms with Crippen molar-refractivity contribution in [1.82, 2.24) is 4.98 Å². The van der Waals surface area contributed by atoms with Gasteiger partial charge in [0.25, 0.3) is 0 Å². The molecule has 0 saturated carbocycles. The van der Waals surface area contributed by atoms with Crippen molar-refractivity contribution in [1.29, 1.82) is 0 Å². The third kappa shape index (κ3) is 3.68. The van der Waals surface area contributed by atoms with Gasteiger partial charge in [-0.15, -0.1) is 11.8 Å². The Kier molecular flexibility index (Phi) is 5.09.